The Hall–Kier alpha value is -2.00. The monoisotopic (exact) mass is 547 g/mol. The molecule has 0 spiro atoms. The number of amides is 2. The van der Waals surface area contributed by atoms with E-state index in [1.165, 1.54) is 4.90 Å². The summed E-state index contributed by atoms with van der Waals surface area (Å²) in [5, 5.41) is 3.99. The molecule has 2 rings (SSSR count). The van der Waals surface area contributed by atoms with Crippen LogP contribution in [0.5, 0.6) is 0 Å². The van der Waals surface area contributed by atoms with Crippen LogP contribution in [0.2, 0.25) is 15.1 Å². The number of nitrogens with zero attached hydrogens (tertiary/aromatic N) is 2. The number of rotatable bonds is 9. The second-order valence-corrected chi connectivity index (χ2v) is 11.5. The molecule has 0 aliphatic rings. The van der Waals surface area contributed by atoms with Gasteiger partial charge in [-0.05, 0) is 69.2 Å². The lowest BCUT2D eigenvalue weighted by molar-refractivity contribution is -0.139. The van der Waals surface area contributed by atoms with Crippen molar-refractivity contribution in [3.05, 3.63) is 62.6 Å². The highest BCUT2D eigenvalue weighted by molar-refractivity contribution is 7.92. The highest BCUT2D eigenvalue weighted by Crippen LogP contribution is 2.27. The number of aryl methyl sites for hydroxylation is 1. The Labute approximate surface area is 216 Å². The van der Waals surface area contributed by atoms with E-state index in [-0.39, 0.29) is 18.5 Å². The maximum atomic E-state index is 13.5. The average Bonchev–Trinajstić information content (AvgIpc) is 2.70. The van der Waals surface area contributed by atoms with Crippen molar-refractivity contribution in [3.63, 3.8) is 0 Å². The lowest BCUT2D eigenvalue weighted by atomic mass is 10.1. The molecule has 0 saturated heterocycles. The maximum Gasteiger partial charge on any atom is 0.244 e. The molecule has 0 heterocycles. The van der Waals surface area contributed by atoms with Crippen LogP contribution < -0.4 is 9.62 Å². The Balaban J connectivity index is 2.46. The van der Waals surface area contributed by atoms with E-state index in [4.69, 9.17) is 34.8 Å². The lowest BCUT2D eigenvalue weighted by Crippen LogP contribution is -2.52. The van der Waals surface area contributed by atoms with Gasteiger partial charge in [0.15, 0.2) is 0 Å². The number of halogens is 3. The zero-order chi connectivity index (χ0) is 25.8. The van der Waals surface area contributed by atoms with Crippen molar-refractivity contribution < 1.29 is 18.0 Å². The molecule has 2 amide bonds. The molecule has 186 valence electrons. The number of nitrogens with one attached hydrogen (secondary N) is 1. The molecule has 0 unspecified atom stereocenters. The summed E-state index contributed by atoms with van der Waals surface area (Å²) < 4.78 is 26.3. The van der Waals surface area contributed by atoms with Crippen molar-refractivity contribution in [2.24, 2.45) is 0 Å². The number of carbonyl (C=O) groups is 2. The van der Waals surface area contributed by atoms with E-state index in [9.17, 15) is 18.0 Å². The zero-order valence-electron chi connectivity index (χ0n) is 19.6. The summed E-state index contributed by atoms with van der Waals surface area (Å²) in [6.45, 7) is 6.37. The number of benzene rings is 2. The first kappa shape index (κ1) is 28.2. The number of carbonyl (C=O) groups excluding carboxylic acids is 2. The Kier molecular flexibility index (Phi) is 9.65. The Morgan fingerprint density at radius 1 is 1.00 bits per heavy atom. The molecule has 0 aliphatic heterocycles. The fourth-order valence-electron chi connectivity index (χ4n) is 3.31. The molecule has 34 heavy (non-hydrogen) atoms. The van der Waals surface area contributed by atoms with Crippen LogP contribution >= 0.6 is 34.8 Å². The van der Waals surface area contributed by atoms with Crippen LogP contribution in [0.4, 0.5) is 5.69 Å². The van der Waals surface area contributed by atoms with E-state index in [2.05, 4.69) is 5.32 Å². The van der Waals surface area contributed by atoms with Gasteiger partial charge in [-0.25, -0.2) is 8.42 Å². The normalized spacial score (nSPS) is 12.4. The Morgan fingerprint density at radius 2 is 1.59 bits per heavy atom. The summed E-state index contributed by atoms with van der Waals surface area (Å²) in [4.78, 5) is 27.6. The predicted molar refractivity (Wildman–Crippen MR) is 138 cm³/mol. The lowest BCUT2D eigenvalue weighted by Gasteiger charge is -2.32. The predicted octanol–water partition coefficient (Wildman–Crippen LogP) is 4.66. The average molecular weight is 549 g/mol. The van der Waals surface area contributed by atoms with Crippen LogP contribution in [0.3, 0.4) is 0 Å². The van der Waals surface area contributed by atoms with Crippen LogP contribution in [0, 0.1) is 6.92 Å². The van der Waals surface area contributed by atoms with Crippen molar-refractivity contribution >= 4 is 62.3 Å². The van der Waals surface area contributed by atoms with Gasteiger partial charge >= 0.3 is 0 Å². The summed E-state index contributed by atoms with van der Waals surface area (Å²) in [7, 11) is -3.83. The van der Waals surface area contributed by atoms with Gasteiger partial charge in [0, 0.05) is 27.7 Å². The van der Waals surface area contributed by atoms with Crippen molar-refractivity contribution in [2.45, 2.75) is 46.3 Å². The molecule has 0 aliphatic carbocycles. The van der Waals surface area contributed by atoms with E-state index >= 15 is 0 Å². The van der Waals surface area contributed by atoms with Crippen LogP contribution in [0.1, 0.15) is 31.9 Å². The summed E-state index contributed by atoms with van der Waals surface area (Å²) >= 11 is 18.3. The van der Waals surface area contributed by atoms with E-state index in [1.807, 2.05) is 13.8 Å². The van der Waals surface area contributed by atoms with E-state index < -0.39 is 28.5 Å². The molecule has 2 aromatic rings. The highest BCUT2D eigenvalue weighted by Gasteiger charge is 2.31. The molecule has 1 atom stereocenters. The van der Waals surface area contributed by atoms with Crippen LogP contribution in [-0.2, 0) is 26.2 Å². The molecular formula is C23H28Cl3N3O4S. The van der Waals surface area contributed by atoms with Crippen molar-refractivity contribution in [1.29, 1.82) is 0 Å². The van der Waals surface area contributed by atoms with E-state index in [0.29, 0.717) is 31.9 Å². The van der Waals surface area contributed by atoms with Gasteiger partial charge in [-0.1, -0.05) is 40.9 Å². The third-order valence-electron chi connectivity index (χ3n) is 5.06. The SMILES string of the molecule is Cc1cc(Cl)ccc1N(CC(=O)N(Cc1ccc(Cl)cc1Cl)[C@H](C)C(=O)NC(C)C)S(C)(=O)=O. The van der Waals surface area contributed by atoms with Crippen LogP contribution in [0.25, 0.3) is 0 Å². The highest BCUT2D eigenvalue weighted by atomic mass is 35.5. The third kappa shape index (κ3) is 7.50. The first-order valence-corrected chi connectivity index (χ1v) is 13.5. The molecule has 11 heteroatoms. The fourth-order valence-corrected chi connectivity index (χ4v) is 4.92. The molecule has 7 nitrogen and oxygen atoms in total. The number of anilines is 1. The summed E-state index contributed by atoms with van der Waals surface area (Å²) in [6.07, 6.45) is 1.02. The molecule has 1 N–H and O–H groups in total. The minimum atomic E-state index is -3.83. The summed E-state index contributed by atoms with van der Waals surface area (Å²) in [5.74, 6) is -0.945. The van der Waals surface area contributed by atoms with Gasteiger partial charge in [0.05, 0.1) is 11.9 Å². The second kappa shape index (κ2) is 11.6. The van der Waals surface area contributed by atoms with Gasteiger partial charge < -0.3 is 10.2 Å². The van der Waals surface area contributed by atoms with Gasteiger partial charge in [-0.2, -0.15) is 0 Å². The van der Waals surface area contributed by atoms with Crippen molar-refractivity contribution in [1.82, 2.24) is 10.2 Å². The fraction of sp³-hybridized carbons (Fsp3) is 0.391. The smallest absolute Gasteiger partial charge is 0.244 e. The van der Waals surface area contributed by atoms with Gasteiger partial charge in [0.25, 0.3) is 0 Å². The molecule has 0 radical (unpaired) electrons. The van der Waals surface area contributed by atoms with Crippen molar-refractivity contribution in [3.8, 4) is 0 Å². The second-order valence-electron chi connectivity index (χ2n) is 8.30. The van der Waals surface area contributed by atoms with Gasteiger partial charge in [-0.15, -0.1) is 0 Å². The van der Waals surface area contributed by atoms with Gasteiger partial charge in [0.1, 0.15) is 12.6 Å². The van der Waals surface area contributed by atoms with Crippen LogP contribution in [0.15, 0.2) is 36.4 Å². The third-order valence-corrected chi connectivity index (χ3v) is 7.01. The number of sulfonamides is 1. The number of hydrogen-bond acceptors (Lipinski definition) is 4. The van der Waals surface area contributed by atoms with Gasteiger partial charge in [0.2, 0.25) is 21.8 Å². The van der Waals surface area contributed by atoms with Crippen molar-refractivity contribution in [2.75, 3.05) is 17.1 Å². The minimum absolute atomic E-state index is 0.0152. The standard InChI is InChI=1S/C23H28Cl3N3O4S/c1-14(2)27-23(31)16(4)28(12-17-6-7-19(25)11-20(17)26)22(30)13-29(34(5,32)33)21-9-8-18(24)10-15(21)3/h6-11,14,16H,12-13H2,1-5H3,(H,27,31)/t16-/m1/s1. The first-order valence-electron chi connectivity index (χ1n) is 10.5. The molecular weight excluding hydrogens is 521 g/mol. The summed E-state index contributed by atoms with van der Waals surface area (Å²) in [6, 6.07) is 8.51. The maximum absolute atomic E-state index is 13.5. The largest absolute Gasteiger partial charge is 0.352 e. The molecule has 0 aromatic heterocycles. The summed E-state index contributed by atoms with van der Waals surface area (Å²) in [5.41, 5.74) is 1.48. The molecule has 2 aromatic carbocycles. The first-order chi connectivity index (χ1) is 15.7. The van der Waals surface area contributed by atoms with E-state index in [0.717, 1.165) is 10.6 Å². The topological polar surface area (TPSA) is 86.8 Å². The minimum Gasteiger partial charge on any atom is -0.352 e. The quantitative estimate of drug-likeness (QED) is 0.494. The Morgan fingerprint density at radius 3 is 2.12 bits per heavy atom. The molecule has 0 fully saturated rings. The Bertz CT molecular complexity index is 1170. The zero-order valence-corrected chi connectivity index (χ0v) is 22.7. The van der Waals surface area contributed by atoms with Crippen LogP contribution in [-0.4, -0.2) is 50.0 Å². The van der Waals surface area contributed by atoms with Gasteiger partial charge in [-0.3, -0.25) is 13.9 Å². The van der Waals surface area contributed by atoms with E-state index in [1.54, 1.807) is 50.2 Å². The molecule has 0 bridgehead atoms. The number of hydrogen-bond donors (Lipinski definition) is 1. The molecule has 0 saturated carbocycles.